The topological polar surface area (TPSA) is 26.0 Å². The van der Waals surface area contributed by atoms with E-state index in [0.29, 0.717) is 0 Å². The van der Waals surface area contributed by atoms with Crippen molar-refractivity contribution in [1.82, 2.24) is 0 Å². The van der Waals surface area contributed by atoms with Crippen LogP contribution in [-0.2, 0) is 0 Å². The molecule has 0 aromatic rings. The van der Waals surface area contributed by atoms with Gasteiger partial charge in [-0.2, -0.15) is 0 Å². The molecule has 17 heavy (non-hydrogen) atoms. The molecule has 0 aliphatic heterocycles. The maximum absolute atomic E-state index is 6.22. The fraction of sp³-hybridized carbons (Fsp3) is 0.625. The van der Waals surface area contributed by atoms with Gasteiger partial charge in [-0.15, -0.1) is 0 Å². The van der Waals surface area contributed by atoms with E-state index in [1.165, 1.54) is 11.1 Å². The molecule has 0 fully saturated rings. The van der Waals surface area contributed by atoms with Crippen molar-refractivity contribution >= 4 is 0 Å². The third-order valence-corrected chi connectivity index (χ3v) is 4.34. The Morgan fingerprint density at radius 1 is 1.35 bits per heavy atom. The van der Waals surface area contributed by atoms with Crippen LogP contribution in [0.2, 0.25) is 0 Å². The molecule has 1 nitrogen and oxygen atoms in total. The third kappa shape index (κ3) is 2.90. The molecule has 1 rings (SSSR count). The van der Waals surface area contributed by atoms with Gasteiger partial charge in [0.05, 0.1) is 0 Å². The average molecular weight is 233 g/mol. The number of nitrogens with two attached hydrogens (primary N) is 1. The van der Waals surface area contributed by atoms with E-state index in [4.69, 9.17) is 5.73 Å². The maximum atomic E-state index is 6.22. The first-order valence-electron chi connectivity index (χ1n) is 6.51. The lowest BCUT2D eigenvalue weighted by Crippen LogP contribution is -2.45. The van der Waals surface area contributed by atoms with Gasteiger partial charge in [0.1, 0.15) is 0 Å². The molecule has 96 valence electrons. The molecule has 0 aromatic carbocycles. The summed E-state index contributed by atoms with van der Waals surface area (Å²) in [4.78, 5) is 0. The van der Waals surface area contributed by atoms with Crippen LogP contribution in [0, 0.1) is 10.8 Å². The first kappa shape index (κ1) is 14.2. The predicted octanol–water partition coefficient (Wildman–Crippen LogP) is 4.22. The molecule has 2 atom stereocenters. The zero-order chi connectivity index (χ0) is 13.3. The van der Waals surface area contributed by atoms with Gasteiger partial charge in [-0.1, -0.05) is 52.5 Å². The summed E-state index contributed by atoms with van der Waals surface area (Å²) in [5.74, 6) is 0. The highest BCUT2D eigenvalue weighted by Crippen LogP contribution is 2.43. The Hall–Kier alpha value is -0.820. The largest absolute Gasteiger partial charge is 0.327 e. The fourth-order valence-electron chi connectivity index (χ4n) is 2.23. The van der Waals surface area contributed by atoms with Gasteiger partial charge in [0, 0.05) is 11.5 Å². The highest BCUT2D eigenvalue weighted by molar-refractivity contribution is 5.42. The second-order valence-electron chi connectivity index (χ2n) is 6.47. The Balaban J connectivity index is 3.18. The Bertz CT molecular complexity index is 352. The van der Waals surface area contributed by atoms with Crippen molar-refractivity contribution in [3.05, 3.63) is 36.0 Å². The number of allylic oxidation sites excluding steroid dienone is 4. The van der Waals surface area contributed by atoms with Gasteiger partial charge < -0.3 is 5.73 Å². The number of hydrogen-bond acceptors (Lipinski definition) is 1. The summed E-state index contributed by atoms with van der Waals surface area (Å²) in [6.45, 7) is 15.3. The van der Waals surface area contributed by atoms with Crippen LogP contribution in [0.1, 0.15) is 47.5 Å². The summed E-state index contributed by atoms with van der Waals surface area (Å²) in [6.07, 6.45) is 8.93. The standard InChI is InChI=1S/C16H27N/c1-12-9-7-8-10-14(12)11-16(6,13(2)17)15(3,4)5/h8,10-11,13H,1,7,9,17H2,2-6H3/b14-11-. The summed E-state index contributed by atoms with van der Waals surface area (Å²) < 4.78 is 0. The zero-order valence-corrected chi connectivity index (χ0v) is 12.0. The first-order valence-corrected chi connectivity index (χ1v) is 6.51. The normalized spacial score (nSPS) is 24.8. The molecule has 2 N–H and O–H groups in total. The number of hydrogen-bond donors (Lipinski definition) is 1. The summed E-state index contributed by atoms with van der Waals surface area (Å²) in [5, 5.41) is 0. The molecule has 0 saturated heterocycles. The second kappa shape index (κ2) is 4.81. The molecule has 1 aliphatic carbocycles. The minimum absolute atomic E-state index is 0.0209. The average Bonchev–Trinajstić information content (AvgIpc) is 2.19. The van der Waals surface area contributed by atoms with Gasteiger partial charge >= 0.3 is 0 Å². The van der Waals surface area contributed by atoms with Crippen LogP contribution in [-0.4, -0.2) is 6.04 Å². The highest BCUT2D eigenvalue weighted by atomic mass is 14.7. The molecule has 0 saturated carbocycles. The Kier molecular flexibility index (Phi) is 4.03. The van der Waals surface area contributed by atoms with Gasteiger partial charge in [0.15, 0.2) is 0 Å². The Morgan fingerprint density at radius 2 is 1.94 bits per heavy atom. The highest BCUT2D eigenvalue weighted by Gasteiger charge is 2.39. The molecule has 0 radical (unpaired) electrons. The molecule has 0 amide bonds. The monoisotopic (exact) mass is 233 g/mol. The Labute approximate surface area is 106 Å². The van der Waals surface area contributed by atoms with E-state index in [9.17, 15) is 0 Å². The second-order valence-corrected chi connectivity index (χ2v) is 6.47. The molecular formula is C16H27N. The lowest BCUT2D eigenvalue weighted by Gasteiger charge is -2.43. The SMILES string of the molecule is C=C1CCC=C/C1=C/C(C)(C(C)N)C(C)(C)C. The van der Waals surface area contributed by atoms with Crippen LogP contribution < -0.4 is 5.73 Å². The van der Waals surface area contributed by atoms with Gasteiger partial charge in [-0.25, -0.2) is 0 Å². The van der Waals surface area contributed by atoms with Gasteiger partial charge in [0.2, 0.25) is 0 Å². The Morgan fingerprint density at radius 3 is 2.35 bits per heavy atom. The van der Waals surface area contributed by atoms with E-state index in [0.717, 1.165) is 12.8 Å². The van der Waals surface area contributed by atoms with E-state index in [1.807, 2.05) is 0 Å². The van der Waals surface area contributed by atoms with Crippen LogP contribution >= 0.6 is 0 Å². The van der Waals surface area contributed by atoms with Crippen LogP contribution in [0.15, 0.2) is 36.0 Å². The molecule has 2 unspecified atom stereocenters. The predicted molar refractivity (Wildman–Crippen MR) is 76.8 cm³/mol. The molecule has 0 spiro atoms. The molecule has 0 bridgehead atoms. The van der Waals surface area contributed by atoms with Crippen molar-refractivity contribution in [2.75, 3.05) is 0 Å². The maximum Gasteiger partial charge on any atom is 0.0104 e. The minimum Gasteiger partial charge on any atom is -0.327 e. The smallest absolute Gasteiger partial charge is 0.0104 e. The number of rotatable bonds is 2. The van der Waals surface area contributed by atoms with Crippen molar-refractivity contribution in [1.29, 1.82) is 0 Å². The first-order chi connectivity index (χ1) is 7.68. The van der Waals surface area contributed by atoms with Crippen LogP contribution in [0.25, 0.3) is 0 Å². The zero-order valence-electron chi connectivity index (χ0n) is 12.0. The molecule has 1 aliphatic rings. The lowest BCUT2D eigenvalue weighted by molar-refractivity contribution is 0.138. The molecular weight excluding hydrogens is 206 g/mol. The van der Waals surface area contributed by atoms with Crippen LogP contribution in [0.4, 0.5) is 0 Å². The van der Waals surface area contributed by atoms with Crippen LogP contribution in [0.3, 0.4) is 0 Å². The van der Waals surface area contributed by atoms with Crippen molar-refractivity contribution < 1.29 is 0 Å². The summed E-state index contributed by atoms with van der Waals surface area (Å²) >= 11 is 0. The van der Waals surface area contributed by atoms with Crippen molar-refractivity contribution in [2.45, 2.75) is 53.5 Å². The van der Waals surface area contributed by atoms with Gasteiger partial charge in [-0.05, 0) is 36.3 Å². The summed E-state index contributed by atoms with van der Waals surface area (Å²) in [7, 11) is 0. The van der Waals surface area contributed by atoms with Gasteiger partial charge in [0.25, 0.3) is 0 Å². The van der Waals surface area contributed by atoms with Gasteiger partial charge in [-0.3, -0.25) is 0 Å². The van der Waals surface area contributed by atoms with E-state index < -0.39 is 0 Å². The lowest BCUT2D eigenvalue weighted by atomic mass is 9.63. The van der Waals surface area contributed by atoms with Crippen molar-refractivity contribution in [3.63, 3.8) is 0 Å². The minimum atomic E-state index is -0.0209. The van der Waals surface area contributed by atoms with Crippen molar-refractivity contribution in [2.24, 2.45) is 16.6 Å². The van der Waals surface area contributed by atoms with E-state index in [1.54, 1.807) is 0 Å². The van der Waals surface area contributed by atoms with E-state index in [-0.39, 0.29) is 16.9 Å². The van der Waals surface area contributed by atoms with E-state index in [2.05, 4.69) is 59.4 Å². The molecule has 1 heteroatoms. The molecule has 0 heterocycles. The van der Waals surface area contributed by atoms with Crippen molar-refractivity contribution in [3.8, 4) is 0 Å². The van der Waals surface area contributed by atoms with E-state index >= 15 is 0 Å². The summed E-state index contributed by atoms with van der Waals surface area (Å²) in [6, 6.07) is 0.123. The quantitative estimate of drug-likeness (QED) is 0.759. The third-order valence-electron chi connectivity index (χ3n) is 4.34. The van der Waals surface area contributed by atoms with Crippen LogP contribution in [0.5, 0.6) is 0 Å². The fourth-order valence-corrected chi connectivity index (χ4v) is 2.23. The molecule has 0 aromatic heterocycles. The summed E-state index contributed by atoms with van der Waals surface area (Å²) in [5.41, 5.74) is 8.85.